The average molecular weight is 340 g/mol. The molecule has 0 heterocycles. The summed E-state index contributed by atoms with van der Waals surface area (Å²) >= 11 is 0. The molecule has 0 fully saturated rings. The van der Waals surface area contributed by atoms with E-state index in [1.165, 1.54) is 12.5 Å². The Morgan fingerprint density at radius 2 is 1.40 bits per heavy atom. The lowest BCUT2D eigenvalue weighted by Gasteiger charge is -2.19. The summed E-state index contributed by atoms with van der Waals surface area (Å²) < 4.78 is 5.51. The van der Waals surface area contributed by atoms with Crippen molar-refractivity contribution < 1.29 is 14.3 Å². The number of hydrogen-bond acceptors (Lipinski definition) is 3. The predicted octanol–water partition coefficient (Wildman–Crippen LogP) is 3.96. The van der Waals surface area contributed by atoms with E-state index in [9.17, 15) is 9.59 Å². The Morgan fingerprint density at radius 3 is 1.88 bits per heavy atom. The van der Waals surface area contributed by atoms with E-state index in [2.05, 4.69) is 31.4 Å². The molecule has 0 aromatic heterocycles. The topological polar surface area (TPSA) is 67.4 Å². The van der Waals surface area contributed by atoms with Gasteiger partial charge in [-0.05, 0) is 47.4 Å². The fourth-order valence-electron chi connectivity index (χ4n) is 2.24. The molecule has 0 aliphatic rings. The first kappa shape index (κ1) is 18.5. The van der Waals surface area contributed by atoms with Gasteiger partial charge in [-0.15, -0.1) is 0 Å². The molecule has 2 N–H and O–H groups in total. The van der Waals surface area contributed by atoms with Crippen LogP contribution < -0.4 is 15.4 Å². The Morgan fingerprint density at radius 1 is 0.880 bits per heavy atom. The lowest BCUT2D eigenvalue weighted by molar-refractivity contribution is -0.118. The first-order valence-electron chi connectivity index (χ1n) is 8.15. The fourth-order valence-corrected chi connectivity index (χ4v) is 2.24. The summed E-state index contributed by atoms with van der Waals surface area (Å²) in [6.45, 7) is 7.82. The third-order valence-electron chi connectivity index (χ3n) is 3.58. The molecule has 0 saturated heterocycles. The average Bonchev–Trinajstić information content (AvgIpc) is 2.54. The normalized spacial score (nSPS) is 10.9. The minimum atomic E-state index is -0.243. The van der Waals surface area contributed by atoms with E-state index in [0.717, 1.165) is 0 Å². The number of anilines is 2. The molecular formula is C20H24N2O3. The van der Waals surface area contributed by atoms with Gasteiger partial charge in [-0.25, -0.2) is 0 Å². The smallest absolute Gasteiger partial charge is 0.262 e. The summed E-state index contributed by atoms with van der Waals surface area (Å²) in [6, 6.07) is 14.7. The van der Waals surface area contributed by atoms with Crippen LogP contribution in [0.25, 0.3) is 0 Å². The number of ether oxygens (including phenoxy) is 1. The lowest BCUT2D eigenvalue weighted by Crippen LogP contribution is -2.20. The zero-order valence-corrected chi connectivity index (χ0v) is 15.1. The maximum Gasteiger partial charge on any atom is 0.262 e. The standard InChI is InChI=1S/C20H24N2O3/c1-14(23)21-16-7-9-17(10-8-16)22-19(24)13-25-18-11-5-15(6-12-18)20(2,3)4/h5-12H,13H2,1-4H3,(H,21,23)(H,22,24). The number of nitrogens with one attached hydrogen (secondary N) is 2. The number of hydrogen-bond donors (Lipinski definition) is 2. The van der Waals surface area contributed by atoms with Crippen LogP contribution >= 0.6 is 0 Å². The highest BCUT2D eigenvalue weighted by Gasteiger charge is 2.13. The molecule has 0 bridgehead atoms. The SMILES string of the molecule is CC(=O)Nc1ccc(NC(=O)COc2ccc(C(C)(C)C)cc2)cc1. The minimum Gasteiger partial charge on any atom is -0.484 e. The molecule has 0 spiro atoms. The summed E-state index contributed by atoms with van der Waals surface area (Å²) in [6.07, 6.45) is 0. The summed E-state index contributed by atoms with van der Waals surface area (Å²) in [5, 5.41) is 5.42. The third kappa shape index (κ3) is 5.95. The van der Waals surface area contributed by atoms with E-state index in [0.29, 0.717) is 17.1 Å². The van der Waals surface area contributed by atoms with Crippen molar-refractivity contribution in [3.63, 3.8) is 0 Å². The van der Waals surface area contributed by atoms with Crippen molar-refractivity contribution in [1.82, 2.24) is 0 Å². The Hall–Kier alpha value is -2.82. The van der Waals surface area contributed by atoms with Gasteiger partial charge >= 0.3 is 0 Å². The molecule has 0 saturated carbocycles. The van der Waals surface area contributed by atoms with E-state index >= 15 is 0 Å². The molecule has 0 radical (unpaired) electrons. The minimum absolute atomic E-state index is 0.0672. The van der Waals surface area contributed by atoms with Gasteiger partial charge in [0.15, 0.2) is 6.61 Å². The Kier molecular flexibility index (Phi) is 5.80. The monoisotopic (exact) mass is 340 g/mol. The Labute approximate surface area is 148 Å². The van der Waals surface area contributed by atoms with Crippen LogP contribution in [0.1, 0.15) is 33.3 Å². The number of amides is 2. The van der Waals surface area contributed by atoms with Crippen LogP contribution in [0.3, 0.4) is 0 Å². The van der Waals surface area contributed by atoms with Crippen LogP contribution in [0.5, 0.6) is 5.75 Å². The second kappa shape index (κ2) is 7.83. The molecule has 0 unspecified atom stereocenters. The molecule has 0 atom stereocenters. The zero-order valence-electron chi connectivity index (χ0n) is 15.1. The van der Waals surface area contributed by atoms with Gasteiger partial charge in [-0.3, -0.25) is 9.59 Å². The predicted molar refractivity (Wildman–Crippen MR) is 100 cm³/mol. The molecule has 132 valence electrons. The van der Waals surface area contributed by atoms with E-state index in [-0.39, 0.29) is 23.8 Å². The zero-order chi connectivity index (χ0) is 18.4. The highest BCUT2D eigenvalue weighted by Crippen LogP contribution is 2.24. The fraction of sp³-hybridized carbons (Fsp3) is 0.300. The van der Waals surface area contributed by atoms with Gasteiger partial charge < -0.3 is 15.4 Å². The van der Waals surface area contributed by atoms with Crippen LogP contribution in [0.4, 0.5) is 11.4 Å². The quantitative estimate of drug-likeness (QED) is 0.866. The number of rotatable bonds is 5. The first-order valence-corrected chi connectivity index (χ1v) is 8.15. The van der Waals surface area contributed by atoms with Crippen molar-refractivity contribution >= 4 is 23.2 Å². The van der Waals surface area contributed by atoms with Crippen LogP contribution in [0, 0.1) is 0 Å². The van der Waals surface area contributed by atoms with E-state index in [4.69, 9.17) is 4.74 Å². The van der Waals surface area contributed by atoms with Crippen molar-refractivity contribution in [3.05, 3.63) is 54.1 Å². The third-order valence-corrected chi connectivity index (χ3v) is 3.58. The molecule has 5 heteroatoms. The Balaban J connectivity index is 1.85. The molecule has 5 nitrogen and oxygen atoms in total. The van der Waals surface area contributed by atoms with Crippen LogP contribution in [0.15, 0.2) is 48.5 Å². The van der Waals surface area contributed by atoms with Crippen molar-refractivity contribution in [1.29, 1.82) is 0 Å². The molecule has 0 aliphatic carbocycles. The number of benzene rings is 2. The highest BCUT2D eigenvalue weighted by atomic mass is 16.5. The van der Waals surface area contributed by atoms with Gasteiger partial charge in [0.1, 0.15) is 5.75 Å². The van der Waals surface area contributed by atoms with Crippen LogP contribution in [-0.2, 0) is 15.0 Å². The maximum atomic E-state index is 12.0. The maximum absolute atomic E-state index is 12.0. The van der Waals surface area contributed by atoms with Gasteiger partial charge in [0.2, 0.25) is 5.91 Å². The van der Waals surface area contributed by atoms with E-state index < -0.39 is 0 Å². The van der Waals surface area contributed by atoms with Crippen molar-refractivity contribution in [2.24, 2.45) is 0 Å². The molecule has 2 rings (SSSR count). The second-order valence-electron chi connectivity index (χ2n) is 6.87. The first-order chi connectivity index (χ1) is 11.7. The van der Waals surface area contributed by atoms with Gasteiger partial charge in [-0.1, -0.05) is 32.9 Å². The van der Waals surface area contributed by atoms with E-state index in [1.807, 2.05) is 24.3 Å². The van der Waals surface area contributed by atoms with Gasteiger partial charge in [0.25, 0.3) is 5.91 Å². The summed E-state index contributed by atoms with van der Waals surface area (Å²) in [5.41, 5.74) is 2.62. The summed E-state index contributed by atoms with van der Waals surface area (Å²) in [7, 11) is 0. The molecular weight excluding hydrogens is 316 g/mol. The van der Waals surface area contributed by atoms with Gasteiger partial charge in [0.05, 0.1) is 0 Å². The van der Waals surface area contributed by atoms with Crippen LogP contribution in [-0.4, -0.2) is 18.4 Å². The molecule has 25 heavy (non-hydrogen) atoms. The second-order valence-corrected chi connectivity index (χ2v) is 6.87. The molecule has 2 aromatic carbocycles. The van der Waals surface area contributed by atoms with Gasteiger partial charge in [0, 0.05) is 18.3 Å². The largest absolute Gasteiger partial charge is 0.484 e. The Bertz CT molecular complexity index is 729. The van der Waals surface area contributed by atoms with Gasteiger partial charge in [-0.2, -0.15) is 0 Å². The van der Waals surface area contributed by atoms with E-state index in [1.54, 1.807) is 24.3 Å². The number of carbonyl (C=O) groups is 2. The summed E-state index contributed by atoms with van der Waals surface area (Å²) in [5.74, 6) is 0.277. The number of carbonyl (C=O) groups excluding carboxylic acids is 2. The highest BCUT2D eigenvalue weighted by molar-refractivity contribution is 5.93. The lowest BCUT2D eigenvalue weighted by atomic mass is 9.87. The van der Waals surface area contributed by atoms with Crippen molar-refractivity contribution in [2.45, 2.75) is 33.1 Å². The summed E-state index contributed by atoms with van der Waals surface area (Å²) in [4.78, 5) is 22.9. The molecule has 2 amide bonds. The molecule has 2 aromatic rings. The van der Waals surface area contributed by atoms with Crippen LogP contribution in [0.2, 0.25) is 0 Å². The molecule has 0 aliphatic heterocycles. The van der Waals surface area contributed by atoms with Crippen molar-refractivity contribution in [2.75, 3.05) is 17.2 Å². The van der Waals surface area contributed by atoms with Crippen molar-refractivity contribution in [3.8, 4) is 5.75 Å².